The number of pyridine rings is 1. The van der Waals surface area contributed by atoms with E-state index in [4.69, 9.17) is 9.84 Å². The Morgan fingerprint density at radius 1 is 1.18 bits per heavy atom. The number of hydrogen-bond donors (Lipinski definition) is 2. The Labute approximate surface area is 166 Å². The molecule has 1 saturated carbocycles. The minimum atomic E-state index is -0.159. The number of anilines is 1. The van der Waals surface area contributed by atoms with Crippen molar-refractivity contribution >= 4 is 32.9 Å². The number of nitrogens with one attached hydrogen (secondary N) is 1. The van der Waals surface area contributed by atoms with Crippen molar-refractivity contribution < 1.29 is 9.84 Å². The largest absolute Gasteiger partial charge is 0.494 e. The second-order valence-electron chi connectivity index (χ2n) is 7.15. The van der Waals surface area contributed by atoms with Crippen LogP contribution in [0.4, 0.5) is 5.82 Å². The summed E-state index contributed by atoms with van der Waals surface area (Å²) >= 11 is 1.65. The maximum atomic E-state index is 9.70. The Bertz CT molecular complexity index is 1130. The van der Waals surface area contributed by atoms with Gasteiger partial charge in [-0.15, -0.1) is 16.4 Å². The minimum absolute atomic E-state index is 0.159. The summed E-state index contributed by atoms with van der Waals surface area (Å²) in [5.41, 5.74) is 1.75. The van der Waals surface area contributed by atoms with Gasteiger partial charge in [-0.05, 0) is 43.9 Å². The third kappa shape index (κ3) is 3.08. The molecule has 0 unspecified atom stereocenters. The van der Waals surface area contributed by atoms with E-state index in [1.54, 1.807) is 24.6 Å². The molecular formula is C20H21N5O2S. The number of aliphatic hydroxyl groups is 1. The van der Waals surface area contributed by atoms with Crippen LogP contribution >= 0.6 is 11.3 Å². The molecule has 1 aliphatic rings. The van der Waals surface area contributed by atoms with Gasteiger partial charge in [-0.2, -0.15) is 0 Å². The smallest absolute Gasteiger partial charge is 0.154 e. The summed E-state index contributed by atoms with van der Waals surface area (Å²) in [6, 6.07) is 6.39. The van der Waals surface area contributed by atoms with Gasteiger partial charge in [-0.25, -0.2) is 9.50 Å². The van der Waals surface area contributed by atoms with Crippen LogP contribution in [0.15, 0.2) is 36.8 Å². The molecule has 2 N–H and O–H groups in total. The quantitative estimate of drug-likeness (QED) is 0.548. The van der Waals surface area contributed by atoms with Gasteiger partial charge in [0.05, 0.1) is 35.2 Å². The van der Waals surface area contributed by atoms with E-state index in [9.17, 15) is 5.11 Å². The van der Waals surface area contributed by atoms with Crippen molar-refractivity contribution in [1.82, 2.24) is 19.6 Å². The molecule has 0 aromatic carbocycles. The molecule has 0 radical (unpaired) electrons. The first-order valence-corrected chi connectivity index (χ1v) is 10.2. The second-order valence-corrected chi connectivity index (χ2v) is 8.20. The molecule has 1 fully saturated rings. The Hall–Kier alpha value is -2.71. The van der Waals surface area contributed by atoms with Crippen LogP contribution < -0.4 is 10.1 Å². The van der Waals surface area contributed by atoms with E-state index < -0.39 is 0 Å². The monoisotopic (exact) mass is 395 g/mol. The topological polar surface area (TPSA) is 84.6 Å². The highest BCUT2D eigenvalue weighted by molar-refractivity contribution is 7.22. The van der Waals surface area contributed by atoms with E-state index in [1.807, 2.05) is 29.0 Å². The van der Waals surface area contributed by atoms with Crippen LogP contribution in [0.1, 0.15) is 25.7 Å². The molecule has 8 heteroatoms. The van der Waals surface area contributed by atoms with Gasteiger partial charge in [0.25, 0.3) is 0 Å². The lowest BCUT2D eigenvalue weighted by Gasteiger charge is -2.26. The third-order valence-corrected chi connectivity index (χ3v) is 6.46. The van der Waals surface area contributed by atoms with Gasteiger partial charge in [0, 0.05) is 17.6 Å². The molecule has 0 amide bonds. The fourth-order valence-electron chi connectivity index (χ4n) is 3.76. The molecule has 144 valence electrons. The maximum Gasteiger partial charge on any atom is 0.154 e. The summed E-state index contributed by atoms with van der Waals surface area (Å²) in [6.07, 6.45) is 8.88. The lowest BCUT2D eigenvalue weighted by atomic mass is 9.93. The summed E-state index contributed by atoms with van der Waals surface area (Å²) in [6.45, 7) is 0. The molecule has 7 nitrogen and oxygen atoms in total. The molecule has 0 atom stereocenters. The van der Waals surface area contributed by atoms with Gasteiger partial charge in [-0.3, -0.25) is 4.98 Å². The van der Waals surface area contributed by atoms with Crippen LogP contribution in [0.3, 0.4) is 0 Å². The molecule has 4 heterocycles. The fourth-order valence-corrected chi connectivity index (χ4v) is 4.87. The summed E-state index contributed by atoms with van der Waals surface area (Å²) in [5, 5.41) is 19.0. The summed E-state index contributed by atoms with van der Waals surface area (Å²) in [7, 11) is 1.66. The fraction of sp³-hybridized carbons (Fsp3) is 0.350. The van der Waals surface area contributed by atoms with Crippen LogP contribution in [0.25, 0.3) is 26.3 Å². The first-order valence-electron chi connectivity index (χ1n) is 9.42. The first-order chi connectivity index (χ1) is 13.7. The number of nitrogens with zero attached hydrogens (tertiary/aromatic N) is 4. The van der Waals surface area contributed by atoms with Gasteiger partial charge >= 0.3 is 0 Å². The van der Waals surface area contributed by atoms with Crippen LogP contribution in [-0.2, 0) is 0 Å². The maximum absolute atomic E-state index is 9.70. The number of rotatable bonds is 4. The highest BCUT2D eigenvalue weighted by Gasteiger charge is 2.20. The van der Waals surface area contributed by atoms with Gasteiger partial charge in [0.1, 0.15) is 11.5 Å². The van der Waals surface area contributed by atoms with E-state index in [1.165, 1.54) is 0 Å². The molecule has 0 bridgehead atoms. The van der Waals surface area contributed by atoms with Gasteiger partial charge in [-0.1, -0.05) is 0 Å². The Balaban J connectivity index is 1.50. The molecule has 4 aromatic heterocycles. The summed E-state index contributed by atoms with van der Waals surface area (Å²) < 4.78 is 8.39. The number of hydrogen-bond acceptors (Lipinski definition) is 7. The number of aromatic nitrogens is 4. The molecule has 4 aromatic rings. The SMILES string of the molecule is COc1cncc2cc(-c3cnc4ccc(N[C@H]5CC[C@H](O)CC5)nn34)sc12. The van der Waals surface area contributed by atoms with Crippen molar-refractivity contribution in [3.63, 3.8) is 0 Å². The van der Waals surface area contributed by atoms with E-state index in [-0.39, 0.29) is 6.10 Å². The van der Waals surface area contributed by atoms with Gasteiger partial charge in [0.15, 0.2) is 11.4 Å². The molecule has 28 heavy (non-hydrogen) atoms. The lowest BCUT2D eigenvalue weighted by Crippen LogP contribution is -2.28. The minimum Gasteiger partial charge on any atom is -0.494 e. The lowest BCUT2D eigenvalue weighted by molar-refractivity contribution is 0.126. The van der Waals surface area contributed by atoms with Crippen molar-refractivity contribution in [2.24, 2.45) is 0 Å². The molecule has 5 rings (SSSR count). The molecular weight excluding hydrogens is 374 g/mol. The van der Waals surface area contributed by atoms with Gasteiger partial charge in [0.2, 0.25) is 0 Å². The van der Waals surface area contributed by atoms with E-state index >= 15 is 0 Å². The normalized spacial score (nSPS) is 19.9. The number of ether oxygens (including phenoxy) is 1. The Morgan fingerprint density at radius 2 is 2.04 bits per heavy atom. The number of imidazole rings is 1. The average molecular weight is 395 g/mol. The predicted octanol–water partition coefficient (Wildman–Crippen LogP) is 3.73. The van der Waals surface area contributed by atoms with Crippen molar-refractivity contribution in [3.05, 3.63) is 36.8 Å². The van der Waals surface area contributed by atoms with Crippen LogP contribution in [-0.4, -0.2) is 43.9 Å². The van der Waals surface area contributed by atoms with Crippen LogP contribution in [0, 0.1) is 0 Å². The van der Waals surface area contributed by atoms with E-state index in [0.29, 0.717) is 6.04 Å². The zero-order chi connectivity index (χ0) is 19.1. The van der Waals surface area contributed by atoms with Crippen molar-refractivity contribution in [1.29, 1.82) is 0 Å². The third-order valence-electron chi connectivity index (χ3n) is 5.27. The van der Waals surface area contributed by atoms with Crippen LogP contribution in [0.2, 0.25) is 0 Å². The summed E-state index contributed by atoms with van der Waals surface area (Å²) in [5.74, 6) is 1.60. The molecule has 0 spiro atoms. The highest BCUT2D eigenvalue weighted by atomic mass is 32.1. The van der Waals surface area contributed by atoms with E-state index in [0.717, 1.165) is 63.6 Å². The van der Waals surface area contributed by atoms with Crippen molar-refractivity contribution in [2.45, 2.75) is 37.8 Å². The van der Waals surface area contributed by atoms with Crippen molar-refractivity contribution in [2.75, 3.05) is 12.4 Å². The van der Waals surface area contributed by atoms with Crippen LogP contribution in [0.5, 0.6) is 5.75 Å². The highest BCUT2D eigenvalue weighted by Crippen LogP contribution is 2.38. The average Bonchev–Trinajstić information content (AvgIpc) is 3.33. The molecule has 0 saturated heterocycles. The van der Waals surface area contributed by atoms with Gasteiger partial charge < -0.3 is 15.2 Å². The first kappa shape index (κ1) is 17.4. The molecule has 0 aliphatic heterocycles. The number of thiophene rings is 1. The standard InChI is InChI=1S/C20H21N5O2S/c1-27-16-11-21-9-12-8-17(28-20(12)16)15-10-22-19-7-6-18(24-25(15)19)23-13-2-4-14(26)5-3-13/h6-11,13-14,26H,2-5H2,1H3,(H,23,24)/t13-,14-. The Kier molecular flexibility index (Phi) is 4.37. The number of methoxy groups -OCH3 is 1. The predicted molar refractivity (Wildman–Crippen MR) is 110 cm³/mol. The number of aliphatic hydroxyl groups excluding tert-OH is 1. The van der Waals surface area contributed by atoms with E-state index in [2.05, 4.69) is 21.4 Å². The number of fused-ring (bicyclic) bond motifs is 2. The van der Waals surface area contributed by atoms with Crippen molar-refractivity contribution in [3.8, 4) is 16.3 Å². The zero-order valence-corrected chi connectivity index (χ0v) is 16.3. The summed E-state index contributed by atoms with van der Waals surface area (Å²) in [4.78, 5) is 9.81. The molecule has 1 aliphatic carbocycles. The Morgan fingerprint density at radius 3 is 2.86 bits per heavy atom. The second kappa shape index (κ2) is 7.03. The zero-order valence-electron chi connectivity index (χ0n) is 15.5.